The van der Waals surface area contributed by atoms with Crippen LogP contribution in [0.3, 0.4) is 0 Å². The van der Waals surface area contributed by atoms with E-state index in [1.165, 1.54) is 21.9 Å². The Hall–Kier alpha value is -5.70. The second kappa shape index (κ2) is 23.5. The lowest BCUT2D eigenvalue weighted by Gasteiger charge is -2.31. The molecule has 0 spiro atoms. The molecule has 2 fully saturated rings. The summed E-state index contributed by atoms with van der Waals surface area (Å²) in [6, 6.07) is -0.527. The highest BCUT2D eigenvalue weighted by Gasteiger charge is 2.41. The number of nitrogens with zero attached hydrogens (tertiary/aromatic N) is 4. The van der Waals surface area contributed by atoms with Crippen molar-refractivity contribution in [1.82, 2.24) is 25.8 Å². The summed E-state index contributed by atoms with van der Waals surface area (Å²) < 4.78 is 0. The molecule has 2 saturated heterocycles. The number of amides is 5. The molecule has 2 heterocycles. The first kappa shape index (κ1) is 46.7. The van der Waals surface area contributed by atoms with Crippen molar-refractivity contribution in [2.45, 2.75) is 113 Å². The van der Waals surface area contributed by atoms with Crippen molar-refractivity contribution in [3.05, 3.63) is 29.8 Å². The number of likely N-dealkylation sites (tertiary alicyclic amines) is 2. The van der Waals surface area contributed by atoms with Crippen molar-refractivity contribution in [2.24, 2.45) is 44.4 Å². The number of carbonyl (C=O) groups is 6. The molecule has 0 aliphatic carbocycles. The lowest BCUT2D eigenvalue weighted by Crippen LogP contribution is -2.59. The molecule has 322 valence electrons. The van der Waals surface area contributed by atoms with E-state index in [1.54, 1.807) is 12.1 Å². The normalized spacial score (nSPS) is 18.3. The standard InChI is InChI=1S/C37H61N13O8/c38-16-2-1-7-24(39)33(55)49-19-5-10-28(49)31(53)46-25(8-3-17-44-36(40)41)30(52)47-26(9-4-18-45-37(42)43)34(56)50-20-6-11-29(50)32(54)48-27(35(57)58)21-22-12-14-23(51)15-13-22/h12-15,24-29,51H,1-11,16-21,38-39H2,(H,46,53)(H,47,52)(H,48,54)(H,57,58)(H4,40,41,44)(H4,42,43,45). The molecule has 3 rings (SSSR count). The van der Waals surface area contributed by atoms with Crippen LogP contribution in [0.4, 0.5) is 0 Å². The molecule has 0 radical (unpaired) electrons. The second-order valence-corrected chi connectivity index (χ2v) is 14.6. The van der Waals surface area contributed by atoms with Crippen LogP contribution in [-0.2, 0) is 35.2 Å². The minimum atomic E-state index is -1.33. The first-order valence-electron chi connectivity index (χ1n) is 19.7. The third kappa shape index (κ3) is 14.7. The average molecular weight is 816 g/mol. The van der Waals surface area contributed by atoms with E-state index in [-0.39, 0.29) is 81.7 Å². The van der Waals surface area contributed by atoms with Gasteiger partial charge in [-0.15, -0.1) is 0 Å². The van der Waals surface area contributed by atoms with Gasteiger partial charge in [-0.3, -0.25) is 34.0 Å². The molecule has 0 saturated carbocycles. The third-order valence-corrected chi connectivity index (χ3v) is 10.1. The molecule has 17 N–H and O–H groups in total. The Morgan fingerprint density at radius 1 is 0.707 bits per heavy atom. The van der Waals surface area contributed by atoms with E-state index in [0.717, 1.165) is 0 Å². The van der Waals surface area contributed by atoms with Gasteiger partial charge in [-0.05, 0) is 88.4 Å². The number of aromatic hydroxyl groups is 1. The zero-order valence-corrected chi connectivity index (χ0v) is 32.9. The quantitative estimate of drug-likeness (QED) is 0.0298. The Bertz CT molecular complexity index is 1620. The predicted molar refractivity (Wildman–Crippen MR) is 215 cm³/mol. The molecule has 2 aliphatic heterocycles. The van der Waals surface area contributed by atoms with Crippen LogP contribution in [0.25, 0.3) is 0 Å². The van der Waals surface area contributed by atoms with Gasteiger partial charge in [0.2, 0.25) is 29.5 Å². The van der Waals surface area contributed by atoms with Crippen LogP contribution < -0.4 is 50.4 Å². The number of carboxylic acid groups (broad SMARTS) is 1. The number of carboxylic acids is 1. The summed E-state index contributed by atoms with van der Waals surface area (Å²) in [5.41, 5.74) is 34.2. The summed E-state index contributed by atoms with van der Waals surface area (Å²) in [7, 11) is 0. The molecule has 5 amide bonds. The van der Waals surface area contributed by atoms with Gasteiger partial charge in [0.25, 0.3) is 0 Å². The molecular formula is C37H61N13O8. The van der Waals surface area contributed by atoms with Crippen LogP contribution in [-0.4, -0.2) is 136 Å². The molecule has 0 bridgehead atoms. The third-order valence-electron chi connectivity index (χ3n) is 10.1. The molecule has 21 nitrogen and oxygen atoms in total. The fraction of sp³-hybridized carbons (Fsp3) is 0.622. The SMILES string of the molecule is NCCCCC(N)C(=O)N1CCCC1C(=O)NC(CCCN=C(N)N)C(=O)NC(CCCN=C(N)N)C(=O)N1CCCC1C(=O)NC(Cc1ccc(O)cc1)C(=O)O. The maximum absolute atomic E-state index is 14.2. The highest BCUT2D eigenvalue weighted by atomic mass is 16.4. The lowest BCUT2D eigenvalue weighted by atomic mass is 10.0. The van der Waals surface area contributed by atoms with E-state index >= 15 is 0 Å². The number of nitrogens with one attached hydrogen (secondary N) is 3. The Morgan fingerprint density at radius 2 is 1.22 bits per heavy atom. The van der Waals surface area contributed by atoms with E-state index in [0.29, 0.717) is 57.2 Å². The molecule has 6 atom stereocenters. The number of aliphatic carboxylic acids is 1. The summed E-state index contributed by atoms with van der Waals surface area (Å²) in [4.78, 5) is 91.7. The molecular weight excluding hydrogens is 754 g/mol. The van der Waals surface area contributed by atoms with E-state index in [9.17, 15) is 39.0 Å². The van der Waals surface area contributed by atoms with Gasteiger partial charge in [0.1, 0.15) is 36.0 Å². The number of nitrogens with two attached hydrogens (primary N) is 6. The van der Waals surface area contributed by atoms with Gasteiger partial charge in [0.05, 0.1) is 6.04 Å². The van der Waals surface area contributed by atoms with Gasteiger partial charge < -0.3 is 70.4 Å². The maximum atomic E-state index is 14.2. The van der Waals surface area contributed by atoms with E-state index in [4.69, 9.17) is 34.4 Å². The minimum absolute atomic E-state index is 0.00168. The van der Waals surface area contributed by atoms with Crippen LogP contribution in [0.15, 0.2) is 34.3 Å². The Morgan fingerprint density at radius 3 is 1.74 bits per heavy atom. The van der Waals surface area contributed by atoms with Gasteiger partial charge in [-0.2, -0.15) is 0 Å². The van der Waals surface area contributed by atoms with Crippen LogP contribution in [0.1, 0.15) is 76.2 Å². The number of benzene rings is 1. The number of phenols is 1. The van der Waals surface area contributed by atoms with Gasteiger partial charge in [-0.25, -0.2) is 4.79 Å². The van der Waals surface area contributed by atoms with E-state index in [1.807, 2.05) is 0 Å². The molecule has 0 aromatic heterocycles. The fourth-order valence-electron chi connectivity index (χ4n) is 7.06. The van der Waals surface area contributed by atoms with Crippen LogP contribution in [0.5, 0.6) is 5.75 Å². The number of hydrogen-bond donors (Lipinski definition) is 11. The van der Waals surface area contributed by atoms with E-state index in [2.05, 4.69) is 25.9 Å². The number of carbonyl (C=O) groups excluding carboxylic acids is 5. The number of rotatable bonds is 23. The highest BCUT2D eigenvalue weighted by Crippen LogP contribution is 2.22. The Kier molecular flexibility index (Phi) is 18.9. The molecule has 1 aromatic carbocycles. The van der Waals surface area contributed by atoms with Crippen LogP contribution in [0.2, 0.25) is 0 Å². The second-order valence-electron chi connectivity index (χ2n) is 14.6. The van der Waals surface area contributed by atoms with Crippen molar-refractivity contribution in [2.75, 3.05) is 32.7 Å². The fourth-order valence-corrected chi connectivity index (χ4v) is 7.06. The van der Waals surface area contributed by atoms with Gasteiger partial charge in [0, 0.05) is 32.6 Å². The van der Waals surface area contributed by atoms with Crippen LogP contribution >= 0.6 is 0 Å². The summed E-state index contributed by atoms with van der Waals surface area (Å²) in [6.45, 7) is 1.22. The zero-order chi connectivity index (χ0) is 42.8. The number of aliphatic imine (C=N–C) groups is 2. The first-order chi connectivity index (χ1) is 27.6. The van der Waals surface area contributed by atoms with Crippen molar-refractivity contribution in [3.63, 3.8) is 0 Å². The highest BCUT2D eigenvalue weighted by molar-refractivity contribution is 5.96. The summed E-state index contributed by atoms with van der Waals surface area (Å²) in [5.74, 6) is -4.50. The van der Waals surface area contributed by atoms with Gasteiger partial charge >= 0.3 is 5.97 Å². The number of guanidine groups is 2. The van der Waals surface area contributed by atoms with Crippen LogP contribution in [0, 0.1) is 0 Å². The smallest absolute Gasteiger partial charge is 0.326 e. The monoisotopic (exact) mass is 815 g/mol. The van der Waals surface area contributed by atoms with Crippen molar-refractivity contribution < 1.29 is 39.0 Å². The zero-order valence-electron chi connectivity index (χ0n) is 32.9. The number of hydrogen-bond acceptors (Lipinski definition) is 11. The summed E-state index contributed by atoms with van der Waals surface area (Å²) in [6.07, 6.45) is 3.93. The molecule has 21 heteroatoms. The number of unbranched alkanes of at least 4 members (excludes halogenated alkanes) is 1. The number of phenolic OH excluding ortho intramolecular Hbond substituents is 1. The molecule has 58 heavy (non-hydrogen) atoms. The van der Waals surface area contributed by atoms with E-state index < -0.39 is 65.8 Å². The van der Waals surface area contributed by atoms with Crippen molar-refractivity contribution >= 4 is 47.4 Å². The first-order valence-corrected chi connectivity index (χ1v) is 19.7. The predicted octanol–water partition coefficient (Wildman–Crippen LogP) is -2.98. The molecule has 2 aliphatic rings. The summed E-state index contributed by atoms with van der Waals surface area (Å²) in [5, 5.41) is 27.6. The lowest BCUT2D eigenvalue weighted by molar-refractivity contribution is -0.145. The van der Waals surface area contributed by atoms with Gasteiger partial charge in [-0.1, -0.05) is 18.6 Å². The molecule has 1 aromatic rings. The Balaban J connectivity index is 1.81. The summed E-state index contributed by atoms with van der Waals surface area (Å²) >= 11 is 0. The van der Waals surface area contributed by atoms with Crippen molar-refractivity contribution in [1.29, 1.82) is 0 Å². The maximum Gasteiger partial charge on any atom is 0.326 e. The van der Waals surface area contributed by atoms with Gasteiger partial charge in [0.15, 0.2) is 11.9 Å². The topological polar surface area (TPSA) is 366 Å². The molecule has 6 unspecified atom stereocenters. The largest absolute Gasteiger partial charge is 0.508 e. The average Bonchev–Trinajstić information content (AvgIpc) is 3.88. The Labute approximate surface area is 337 Å². The minimum Gasteiger partial charge on any atom is -0.508 e. The van der Waals surface area contributed by atoms with Crippen molar-refractivity contribution in [3.8, 4) is 5.75 Å².